The van der Waals surface area contributed by atoms with Gasteiger partial charge < -0.3 is 21.1 Å². The van der Waals surface area contributed by atoms with E-state index in [4.69, 9.17) is 10.5 Å². The highest BCUT2D eigenvalue weighted by Gasteiger charge is 2.34. The van der Waals surface area contributed by atoms with Crippen LogP contribution in [0.5, 0.6) is 0 Å². The molecule has 1 aliphatic carbocycles. The number of nitrogens with two attached hydrogens (primary N) is 1. The van der Waals surface area contributed by atoms with E-state index >= 15 is 0 Å². The number of alkyl carbamates (subject to hydrolysis) is 1. The lowest BCUT2D eigenvalue weighted by Crippen LogP contribution is -2.42. The van der Waals surface area contributed by atoms with E-state index in [1.54, 1.807) is 0 Å². The monoisotopic (exact) mass is 483 g/mol. The zero-order valence-corrected chi connectivity index (χ0v) is 20.1. The number of unbranched alkanes of at least 4 members (excludes halogenated alkanes) is 1. The number of rotatable bonds is 10. The molecule has 188 valence electrons. The van der Waals surface area contributed by atoms with Gasteiger partial charge in [0.2, 0.25) is 11.8 Å². The molecule has 3 unspecified atom stereocenters. The molecule has 0 aromatic heterocycles. The molecule has 0 saturated heterocycles. The zero-order chi connectivity index (χ0) is 25.2. The molecule has 4 N–H and O–H groups in total. The summed E-state index contributed by atoms with van der Waals surface area (Å²) in [7, 11) is 0. The van der Waals surface area contributed by atoms with Gasteiger partial charge in [0.25, 0.3) is 0 Å². The Morgan fingerprint density at radius 2 is 1.74 bits per heavy atom. The number of nitrogens with one attached hydrogen (secondary N) is 2. The summed E-state index contributed by atoms with van der Waals surface area (Å²) in [5.74, 6) is -1.67. The summed E-state index contributed by atoms with van der Waals surface area (Å²) in [6, 6.07) is 12.1. The van der Waals surface area contributed by atoms with Gasteiger partial charge in [-0.25, -0.2) is 9.18 Å². The Bertz CT molecular complexity index is 994. The first-order valence-corrected chi connectivity index (χ1v) is 12.2. The Labute approximate surface area is 205 Å². The van der Waals surface area contributed by atoms with Crippen molar-refractivity contribution in [1.29, 1.82) is 0 Å². The van der Waals surface area contributed by atoms with Gasteiger partial charge in [-0.3, -0.25) is 9.59 Å². The van der Waals surface area contributed by atoms with Crippen molar-refractivity contribution in [1.82, 2.24) is 10.6 Å². The van der Waals surface area contributed by atoms with Gasteiger partial charge in [0, 0.05) is 12.5 Å². The van der Waals surface area contributed by atoms with E-state index in [2.05, 4.69) is 17.6 Å². The highest BCUT2D eigenvalue weighted by molar-refractivity contribution is 5.89. The van der Waals surface area contributed by atoms with Crippen molar-refractivity contribution in [3.63, 3.8) is 0 Å². The van der Waals surface area contributed by atoms with Crippen LogP contribution in [0.3, 0.4) is 0 Å². The van der Waals surface area contributed by atoms with Gasteiger partial charge >= 0.3 is 6.09 Å². The lowest BCUT2D eigenvalue weighted by atomic mass is 9.74. The average Bonchev–Trinajstić information content (AvgIpc) is 2.87. The third-order valence-electron chi connectivity index (χ3n) is 6.45. The van der Waals surface area contributed by atoms with E-state index in [1.165, 1.54) is 24.3 Å². The first kappa shape index (κ1) is 26.2. The quantitative estimate of drug-likeness (QED) is 0.433. The number of primary amides is 1. The van der Waals surface area contributed by atoms with Crippen LogP contribution in [0, 0.1) is 11.7 Å². The van der Waals surface area contributed by atoms with E-state index in [9.17, 15) is 18.8 Å². The number of benzene rings is 2. The van der Waals surface area contributed by atoms with Crippen molar-refractivity contribution in [2.24, 2.45) is 11.7 Å². The lowest BCUT2D eigenvalue weighted by Gasteiger charge is -2.32. The van der Waals surface area contributed by atoms with Gasteiger partial charge in [-0.2, -0.15) is 0 Å². The number of halogens is 1. The maximum Gasteiger partial charge on any atom is 0.407 e. The number of amides is 3. The van der Waals surface area contributed by atoms with Crippen LogP contribution < -0.4 is 16.4 Å². The molecule has 2 aromatic rings. The fraction of sp³-hybridized carbons (Fsp3) is 0.444. The van der Waals surface area contributed by atoms with Crippen LogP contribution in [0.1, 0.15) is 74.1 Å². The van der Waals surface area contributed by atoms with E-state index < -0.39 is 23.9 Å². The van der Waals surface area contributed by atoms with Crippen LogP contribution in [-0.4, -0.2) is 24.5 Å². The number of carbonyl (C=O) groups excluding carboxylic acids is 3. The smallest absolute Gasteiger partial charge is 0.407 e. The van der Waals surface area contributed by atoms with Crippen LogP contribution in [-0.2, 0) is 20.9 Å². The fourth-order valence-electron chi connectivity index (χ4n) is 4.50. The standard InChI is InChI=1S/C27H34FN3O4/c1-2-3-16-30-27(34)35-17-18-8-10-19(11-9-18)22-6-4-5-7-23(22)26(33)31-24(25(29)32)20-12-14-21(28)15-13-20/h8-15,22-24H,2-7,16-17H2,1H3,(H2,29,32)(H,30,34)(H,31,33). The highest BCUT2D eigenvalue weighted by Crippen LogP contribution is 2.38. The Morgan fingerprint density at radius 1 is 1.06 bits per heavy atom. The van der Waals surface area contributed by atoms with E-state index in [0.717, 1.165) is 43.2 Å². The maximum absolute atomic E-state index is 13.3. The van der Waals surface area contributed by atoms with E-state index in [-0.39, 0.29) is 24.3 Å². The second-order valence-corrected chi connectivity index (χ2v) is 8.99. The Hall–Kier alpha value is -3.42. The van der Waals surface area contributed by atoms with Crippen molar-refractivity contribution in [3.05, 3.63) is 71.0 Å². The largest absolute Gasteiger partial charge is 0.445 e. The summed E-state index contributed by atoms with van der Waals surface area (Å²) >= 11 is 0. The Kier molecular flexibility index (Phi) is 9.64. The summed E-state index contributed by atoms with van der Waals surface area (Å²) in [4.78, 5) is 37.0. The summed E-state index contributed by atoms with van der Waals surface area (Å²) in [6.07, 6.45) is 4.96. The molecule has 2 aromatic carbocycles. The van der Waals surface area contributed by atoms with Crippen LogP contribution in [0.2, 0.25) is 0 Å². The zero-order valence-electron chi connectivity index (χ0n) is 20.1. The SMILES string of the molecule is CCCCNC(=O)OCc1ccc(C2CCCCC2C(=O)NC(C(N)=O)c2ccc(F)cc2)cc1. The topological polar surface area (TPSA) is 111 Å². The van der Waals surface area contributed by atoms with Crippen LogP contribution >= 0.6 is 0 Å². The molecule has 35 heavy (non-hydrogen) atoms. The number of ether oxygens (including phenoxy) is 1. The molecule has 7 nitrogen and oxygen atoms in total. The fourth-order valence-corrected chi connectivity index (χ4v) is 4.50. The van der Waals surface area contributed by atoms with Gasteiger partial charge in [0.15, 0.2) is 0 Å². The Morgan fingerprint density at radius 3 is 2.40 bits per heavy atom. The van der Waals surface area contributed by atoms with Gasteiger partial charge in [-0.1, -0.05) is 62.6 Å². The second kappa shape index (κ2) is 12.9. The first-order valence-electron chi connectivity index (χ1n) is 12.2. The average molecular weight is 484 g/mol. The highest BCUT2D eigenvalue weighted by atomic mass is 19.1. The molecule has 0 spiro atoms. The first-order chi connectivity index (χ1) is 16.9. The minimum atomic E-state index is -1.02. The third kappa shape index (κ3) is 7.53. The summed E-state index contributed by atoms with van der Waals surface area (Å²) < 4.78 is 18.5. The maximum atomic E-state index is 13.3. The van der Waals surface area contributed by atoms with E-state index in [1.807, 2.05) is 24.3 Å². The molecule has 8 heteroatoms. The number of hydrogen-bond acceptors (Lipinski definition) is 4. The molecule has 1 aliphatic rings. The molecule has 0 aliphatic heterocycles. The van der Waals surface area contributed by atoms with Crippen molar-refractivity contribution in [2.75, 3.05) is 6.54 Å². The van der Waals surface area contributed by atoms with Crippen LogP contribution in [0.15, 0.2) is 48.5 Å². The Balaban J connectivity index is 1.64. The van der Waals surface area contributed by atoms with Gasteiger partial charge in [-0.15, -0.1) is 0 Å². The van der Waals surface area contributed by atoms with E-state index in [0.29, 0.717) is 18.5 Å². The molecule has 0 bridgehead atoms. The predicted molar refractivity (Wildman–Crippen MR) is 131 cm³/mol. The number of hydrogen-bond donors (Lipinski definition) is 3. The number of carbonyl (C=O) groups is 3. The molecular formula is C27H34FN3O4. The predicted octanol–water partition coefficient (Wildman–Crippen LogP) is 4.47. The van der Waals surface area contributed by atoms with Crippen molar-refractivity contribution in [2.45, 2.75) is 64.0 Å². The van der Waals surface area contributed by atoms with Crippen molar-refractivity contribution >= 4 is 17.9 Å². The molecule has 3 amide bonds. The van der Waals surface area contributed by atoms with Gasteiger partial charge in [-0.05, 0) is 54.0 Å². The summed E-state index contributed by atoms with van der Waals surface area (Å²) in [5, 5.41) is 5.50. The molecular weight excluding hydrogens is 449 g/mol. The molecule has 1 fully saturated rings. The second-order valence-electron chi connectivity index (χ2n) is 8.99. The summed E-state index contributed by atoms with van der Waals surface area (Å²) in [6.45, 7) is 2.82. The summed E-state index contributed by atoms with van der Waals surface area (Å²) in [5.41, 5.74) is 7.88. The van der Waals surface area contributed by atoms with Gasteiger partial charge in [0.1, 0.15) is 18.5 Å². The minimum Gasteiger partial charge on any atom is -0.445 e. The minimum absolute atomic E-state index is 0.00203. The van der Waals surface area contributed by atoms with Gasteiger partial charge in [0.05, 0.1) is 0 Å². The molecule has 3 atom stereocenters. The van der Waals surface area contributed by atoms with Crippen LogP contribution in [0.25, 0.3) is 0 Å². The van der Waals surface area contributed by atoms with Crippen LogP contribution in [0.4, 0.5) is 9.18 Å². The lowest BCUT2D eigenvalue weighted by molar-refractivity contribution is -0.131. The third-order valence-corrected chi connectivity index (χ3v) is 6.45. The molecule has 3 rings (SSSR count). The van der Waals surface area contributed by atoms with Crippen molar-refractivity contribution < 1.29 is 23.5 Å². The molecule has 0 radical (unpaired) electrons. The van der Waals surface area contributed by atoms with Crippen molar-refractivity contribution in [3.8, 4) is 0 Å². The molecule has 0 heterocycles. The normalized spacial score (nSPS) is 18.3. The molecule has 1 saturated carbocycles.